The van der Waals surface area contributed by atoms with E-state index < -0.39 is 5.97 Å². The van der Waals surface area contributed by atoms with Crippen LogP contribution in [-0.2, 0) is 14.3 Å². The van der Waals surface area contributed by atoms with Gasteiger partial charge in [-0.25, -0.2) is 4.79 Å². The van der Waals surface area contributed by atoms with Crippen LogP contribution in [0.2, 0.25) is 0 Å². The normalized spacial score (nSPS) is 13.6. The SMILES string of the molecule is CCOC(=O)c1ccc2c(c1)NC(=O)/C2=C(/Nc1ccc(N(C)C(=O)CN(C)C)c(Br)c1)c1ccccc1. The lowest BCUT2D eigenvalue weighted by Crippen LogP contribution is -2.35. The number of ether oxygens (including phenoxy) is 1. The lowest BCUT2D eigenvalue weighted by molar-refractivity contribution is -0.119. The molecule has 0 bridgehead atoms. The number of likely N-dealkylation sites (N-methyl/N-ethyl adjacent to an activating group) is 2. The Labute approximate surface area is 230 Å². The summed E-state index contributed by atoms with van der Waals surface area (Å²) in [5.41, 5.74) is 4.94. The molecule has 0 aliphatic carbocycles. The van der Waals surface area contributed by atoms with Gasteiger partial charge in [0, 0.05) is 22.8 Å². The minimum atomic E-state index is -0.442. The zero-order valence-corrected chi connectivity index (χ0v) is 23.3. The Morgan fingerprint density at radius 1 is 0.974 bits per heavy atom. The first kappa shape index (κ1) is 27.1. The van der Waals surface area contributed by atoms with E-state index in [1.54, 1.807) is 37.1 Å². The van der Waals surface area contributed by atoms with Crippen molar-refractivity contribution in [2.75, 3.05) is 49.8 Å². The maximum Gasteiger partial charge on any atom is 0.338 e. The Kier molecular flexibility index (Phi) is 8.29. The first-order valence-corrected chi connectivity index (χ1v) is 12.9. The summed E-state index contributed by atoms with van der Waals surface area (Å²) in [4.78, 5) is 41.4. The lowest BCUT2D eigenvalue weighted by Gasteiger charge is -2.22. The number of halogens is 1. The summed E-state index contributed by atoms with van der Waals surface area (Å²) in [6.45, 7) is 2.30. The Hall–Kier alpha value is -3.95. The molecule has 0 radical (unpaired) electrons. The fraction of sp³-hybridized carbons (Fsp3) is 0.207. The summed E-state index contributed by atoms with van der Waals surface area (Å²) in [5.74, 6) is -0.760. The van der Waals surface area contributed by atoms with Crippen LogP contribution < -0.4 is 15.5 Å². The second kappa shape index (κ2) is 11.6. The number of hydrogen-bond donors (Lipinski definition) is 2. The fourth-order valence-electron chi connectivity index (χ4n) is 4.16. The molecule has 9 heteroatoms. The molecule has 8 nitrogen and oxygen atoms in total. The van der Waals surface area contributed by atoms with E-state index in [0.29, 0.717) is 34.6 Å². The van der Waals surface area contributed by atoms with E-state index in [0.717, 1.165) is 21.4 Å². The Morgan fingerprint density at radius 2 is 1.71 bits per heavy atom. The average Bonchev–Trinajstić information content (AvgIpc) is 3.21. The van der Waals surface area contributed by atoms with Gasteiger partial charge in [-0.05, 0) is 72.8 Å². The van der Waals surface area contributed by atoms with Gasteiger partial charge in [-0.2, -0.15) is 0 Å². The summed E-state index contributed by atoms with van der Waals surface area (Å²) < 4.78 is 5.83. The van der Waals surface area contributed by atoms with E-state index in [1.807, 2.05) is 67.5 Å². The molecule has 1 aliphatic heterocycles. The molecule has 4 rings (SSSR count). The van der Waals surface area contributed by atoms with Crippen molar-refractivity contribution >= 4 is 62.0 Å². The van der Waals surface area contributed by atoms with E-state index in [2.05, 4.69) is 26.6 Å². The average molecular weight is 577 g/mol. The summed E-state index contributed by atoms with van der Waals surface area (Å²) in [5, 5.41) is 6.30. The van der Waals surface area contributed by atoms with Crippen LogP contribution in [0.1, 0.15) is 28.4 Å². The van der Waals surface area contributed by atoms with E-state index in [-0.39, 0.29) is 18.4 Å². The van der Waals surface area contributed by atoms with Gasteiger partial charge in [0.25, 0.3) is 5.91 Å². The number of esters is 1. The molecule has 0 saturated heterocycles. The van der Waals surface area contributed by atoms with Crippen LogP contribution in [0.5, 0.6) is 0 Å². The number of hydrogen-bond acceptors (Lipinski definition) is 6. The third-order valence-electron chi connectivity index (χ3n) is 5.99. The van der Waals surface area contributed by atoms with Crippen molar-refractivity contribution in [3.63, 3.8) is 0 Å². The molecular formula is C29H29BrN4O4. The van der Waals surface area contributed by atoms with E-state index >= 15 is 0 Å². The molecule has 3 aromatic rings. The Morgan fingerprint density at radius 3 is 2.37 bits per heavy atom. The van der Waals surface area contributed by atoms with Gasteiger partial charge in [0.2, 0.25) is 5.91 Å². The van der Waals surface area contributed by atoms with Gasteiger partial charge in [0.15, 0.2) is 0 Å². The van der Waals surface area contributed by atoms with Gasteiger partial charge in [0.1, 0.15) is 0 Å². The molecule has 0 fully saturated rings. The van der Waals surface area contributed by atoms with E-state index in [4.69, 9.17) is 4.74 Å². The quantitative estimate of drug-likeness (QED) is 0.287. The van der Waals surface area contributed by atoms with Crippen molar-refractivity contribution < 1.29 is 19.1 Å². The number of rotatable bonds is 8. The van der Waals surface area contributed by atoms with Crippen LogP contribution >= 0.6 is 15.9 Å². The predicted molar refractivity (Wildman–Crippen MR) is 154 cm³/mol. The standard InChI is InChI=1S/C29H29BrN4O4/c1-5-38-29(37)19-11-13-21-23(15-19)32-28(36)26(21)27(18-9-7-6-8-10-18)31-20-12-14-24(22(30)16-20)34(4)25(35)17-33(2)3/h6-16,31H,5,17H2,1-4H3,(H,32,36)/b27-26+. The number of benzene rings is 3. The van der Waals surface area contributed by atoms with Crippen LogP contribution in [0.3, 0.4) is 0 Å². The van der Waals surface area contributed by atoms with Gasteiger partial charge >= 0.3 is 5.97 Å². The van der Waals surface area contributed by atoms with Crippen molar-refractivity contribution in [3.05, 3.63) is 87.9 Å². The second-order valence-electron chi connectivity index (χ2n) is 9.03. The molecule has 1 heterocycles. The highest BCUT2D eigenvalue weighted by Crippen LogP contribution is 2.39. The lowest BCUT2D eigenvalue weighted by atomic mass is 9.99. The number of fused-ring (bicyclic) bond motifs is 1. The molecule has 2 amide bonds. The molecular weight excluding hydrogens is 548 g/mol. The van der Waals surface area contributed by atoms with Crippen molar-refractivity contribution in [2.45, 2.75) is 6.92 Å². The van der Waals surface area contributed by atoms with Crippen LogP contribution in [0, 0.1) is 0 Å². The van der Waals surface area contributed by atoms with Gasteiger partial charge < -0.3 is 25.2 Å². The van der Waals surface area contributed by atoms with Gasteiger partial charge in [0.05, 0.1) is 41.4 Å². The number of nitrogens with one attached hydrogen (secondary N) is 2. The molecule has 2 N–H and O–H groups in total. The number of carbonyl (C=O) groups is 3. The number of anilines is 3. The topological polar surface area (TPSA) is 91.0 Å². The van der Waals surface area contributed by atoms with Gasteiger partial charge in [-0.15, -0.1) is 0 Å². The number of nitrogens with zero attached hydrogens (tertiary/aromatic N) is 2. The highest BCUT2D eigenvalue weighted by atomic mass is 79.9. The minimum absolute atomic E-state index is 0.0371. The number of amides is 2. The van der Waals surface area contributed by atoms with E-state index in [1.165, 1.54) is 0 Å². The summed E-state index contributed by atoms with van der Waals surface area (Å²) in [6, 6.07) is 20.2. The van der Waals surface area contributed by atoms with Crippen LogP contribution in [0.15, 0.2) is 71.2 Å². The fourth-order valence-corrected chi connectivity index (χ4v) is 4.80. The van der Waals surface area contributed by atoms with Crippen molar-refractivity contribution in [1.29, 1.82) is 0 Å². The molecule has 3 aromatic carbocycles. The largest absolute Gasteiger partial charge is 0.462 e. The van der Waals surface area contributed by atoms with Crippen molar-refractivity contribution in [3.8, 4) is 0 Å². The van der Waals surface area contributed by atoms with Crippen molar-refractivity contribution in [2.24, 2.45) is 0 Å². The summed E-state index contributed by atoms with van der Waals surface area (Å²) >= 11 is 3.60. The maximum atomic E-state index is 13.2. The smallest absolute Gasteiger partial charge is 0.338 e. The third kappa shape index (κ3) is 5.79. The highest BCUT2D eigenvalue weighted by Gasteiger charge is 2.29. The highest BCUT2D eigenvalue weighted by molar-refractivity contribution is 9.10. The molecule has 0 aromatic heterocycles. The predicted octanol–water partition coefficient (Wildman–Crippen LogP) is 5.08. The van der Waals surface area contributed by atoms with Gasteiger partial charge in [-0.1, -0.05) is 36.4 Å². The zero-order valence-electron chi connectivity index (χ0n) is 21.7. The summed E-state index contributed by atoms with van der Waals surface area (Å²) in [7, 11) is 5.43. The van der Waals surface area contributed by atoms with Crippen molar-refractivity contribution in [1.82, 2.24) is 4.90 Å². The van der Waals surface area contributed by atoms with Gasteiger partial charge in [-0.3, -0.25) is 9.59 Å². The third-order valence-corrected chi connectivity index (χ3v) is 6.63. The zero-order chi connectivity index (χ0) is 27.4. The first-order valence-electron chi connectivity index (χ1n) is 12.1. The number of carbonyl (C=O) groups excluding carboxylic acids is 3. The second-order valence-corrected chi connectivity index (χ2v) is 9.89. The Balaban J connectivity index is 1.74. The Bertz CT molecular complexity index is 1420. The molecule has 0 spiro atoms. The minimum Gasteiger partial charge on any atom is -0.462 e. The molecule has 196 valence electrons. The monoisotopic (exact) mass is 576 g/mol. The maximum absolute atomic E-state index is 13.2. The molecule has 0 unspecified atom stereocenters. The van der Waals surface area contributed by atoms with E-state index in [9.17, 15) is 14.4 Å². The van der Waals surface area contributed by atoms with Crippen LogP contribution in [0.25, 0.3) is 11.3 Å². The van der Waals surface area contributed by atoms with Crippen LogP contribution in [-0.4, -0.2) is 57.0 Å². The van der Waals surface area contributed by atoms with Crippen LogP contribution in [0.4, 0.5) is 17.1 Å². The molecule has 0 saturated carbocycles. The molecule has 38 heavy (non-hydrogen) atoms. The molecule has 1 aliphatic rings. The molecule has 0 atom stereocenters. The first-order chi connectivity index (χ1) is 18.2. The summed E-state index contributed by atoms with van der Waals surface area (Å²) in [6.07, 6.45) is 0.